The normalized spacial score (nSPS) is 10.4. The van der Waals surface area contributed by atoms with Gasteiger partial charge in [0.25, 0.3) is 0 Å². The molecule has 0 radical (unpaired) electrons. The largest absolute Gasteiger partial charge is 0.493 e. The van der Waals surface area contributed by atoms with Crippen LogP contribution in [0.3, 0.4) is 0 Å². The molecule has 0 atom stereocenters. The van der Waals surface area contributed by atoms with Crippen LogP contribution in [0.1, 0.15) is 24.0 Å². The van der Waals surface area contributed by atoms with Gasteiger partial charge in [0.2, 0.25) is 0 Å². The van der Waals surface area contributed by atoms with Gasteiger partial charge < -0.3 is 9.84 Å². The molecule has 0 amide bonds. The predicted octanol–water partition coefficient (Wildman–Crippen LogP) is 3.54. The second kappa shape index (κ2) is 7.59. The van der Waals surface area contributed by atoms with Crippen LogP contribution in [0.5, 0.6) is 5.75 Å². The minimum absolute atomic E-state index is 0.434. The number of carbonyl (C=O) groups is 1. The van der Waals surface area contributed by atoms with E-state index in [-0.39, 0.29) is 0 Å². The van der Waals surface area contributed by atoms with Crippen LogP contribution >= 0.6 is 15.9 Å². The SMILES string of the molecule is Cc1cc(Br)cc(/C=C/C(=O)O)c1OCCCC#N. The van der Waals surface area contributed by atoms with Crippen LogP contribution < -0.4 is 4.74 Å². The third kappa shape index (κ3) is 5.14. The van der Waals surface area contributed by atoms with Crippen molar-refractivity contribution in [3.63, 3.8) is 0 Å². The highest BCUT2D eigenvalue weighted by atomic mass is 79.9. The fourth-order valence-electron chi connectivity index (χ4n) is 1.56. The number of nitriles is 1. The van der Waals surface area contributed by atoms with Crippen LogP contribution in [-0.4, -0.2) is 17.7 Å². The number of carboxylic acid groups (broad SMARTS) is 1. The van der Waals surface area contributed by atoms with Crippen molar-refractivity contribution in [3.05, 3.63) is 33.8 Å². The Morgan fingerprint density at radius 1 is 1.58 bits per heavy atom. The van der Waals surface area contributed by atoms with E-state index in [0.717, 1.165) is 16.1 Å². The molecule has 0 bridgehead atoms. The third-order valence-corrected chi connectivity index (χ3v) is 2.81. The fourth-order valence-corrected chi connectivity index (χ4v) is 2.15. The molecule has 0 aliphatic rings. The van der Waals surface area contributed by atoms with Crippen molar-refractivity contribution < 1.29 is 14.6 Å². The molecule has 0 fully saturated rings. The Labute approximate surface area is 120 Å². The number of hydrogen-bond donors (Lipinski definition) is 1. The Bertz CT molecular complexity index is 532. The summed E-state index contributed by atoms with van der Waals surface area (Å²) in [6.45, 7) is 2.33. The van der Waals surface area contributed by atoms with Crippen molar-refractivity contribution in [3.8, 4) is 11.8 Å². The Morgan fingerprint density at radius 2 is 2.32 bits per heavy atom. The van der Waals surface area contributed by atoms with E-state index in [9.17, 15) is 4.79 Å². The Morgan fingerprint density at radius 3 is 2.95 bits per heavy atom. The van der Waals surface area contributed by atoms with E-state index < -0.39 is 5.97 Å². The number of rotatable bonds is 6. The zero-order chi connectivity index (χ0) is 14.3. The van der Waals surface area contributed by atoms with Gasteiger partial charge in [-0.1, -0.05) is 15.9 Å². The summed E-state index contributed by atoms with van der Waals surface area (Å²) < 4.78 is 6.50. The summed E-state index contributed by atoms with van der Waals surface area (Å²) in [4.78, 5) is 10.6. The van der Waals surface area contributed by atoms with Crippen LogP contribution in [0.2, 0.25) is 0 Å². The number of unbranched alkanes of at least 4 members (excludes halogenated alkanes) is 1. The molecule has 0 aliphatic heterocycles. The molecular formula is C14H14BrNO3. The highest BCUT2D eigenvalue weighted by molar-refractivity contribution is 9.10. The van der Waals surface area contributed by atoms with Gasteiger partial charge in [0.05, 0.1) is 12.7 Å². The number of benzene rings is 1. The van der Waals surface area contributed by atoms with Crippen LogP contribution in [0, 0.1) is 18.3 Å². The molecule has 0 aromatic heterocycles. The number of aliphatic carboxylic acids is 1. The van der Waals surface area contributed by atoms with Crippen LogP contribution in [0.25, 0.3) is 6.08 Å². The highest BCUT2D eigenvalue weighted by Crippen LogP contribution is 2.29. The minimum Gasteiger partial charge on any atom is -0.493 e. The molecular weight excluding hydrogens is 310 g/mol. The summed E-state index contributed by atoms with van der Waals surface area (Å²) in [7, 11) is 0. The van der Waals surface area contributed by atoms with Gasteiger partial charge in [-0.25, -0.2) is 4.79 Å². The van der Waals surface area contributed by atoms with E-state index in [4.69, 9.17) is 15.1 Å². The quantitative estimate of drug-likeness (QED) is 0.642. The molecule has 4 nitrogen and oxygen atoms in total. The predicted molar refractivity (Wildman–Crippen MR) is 75.9 cm³/mol. The van der Waals surface area contributed by atoms with Crippen molar-refractivity contribution >= 4 is 28.0 Å². The average molecular weight is 324 g/mol. The molecule has 1 aromatic rings. The molecule has 0 saturated heterocycles. The molecule has 19 heavy (non-hydrogen) atoms. The number of aryl methyl sites for hydroxylation is 1. The van der Waals surface area contributed by atoms with Gasteiger partial charge in [0.1, 0.15) is 5.75 Å². The van der Waals surface area contributed by atoms with Crippen molar-refractivity contribution in [1.82, 2.24) is 0 Å². The second-order valence-electron chi connectivity index (χ2n) is 3.92. The topological polar surface area (TPSA) is 70.3 Å². The van der Waals surface area contributed by atoms with Gasteiger partial charge >= 0.3 is 5.97 Å². The maximum absolute atomic E-state index is 10.6. The zero-order valence-corrected chi connectivity index (χ0v) is 12.1. The monoisotopic (exact) mass is 323 g/mol. The second-order valence-corrected chi connectivity index (χ2v) is 4.84. The minimum atomic E-state index is -1.01. The maximum Gasteiger partial charge on any atom is 0.328 e. The number of halogens is 1. The van der Waals surface area contributed by atoms with E-state index in [2.05, 4.69) is 22.0 Å². The number of ether oxygens (including phenoxy) is 1. The van der Waals surface area contributed by atoms with E-state index in [1.54, 1.807) is 6.07 Å². The van der Waals surface area contributed by atoms with Gasteiger partial charge in [0.15, 0.2) is 0 Å². The lowest BCUT2D eigenvalue weighted by atomic mass is 10.1. The first-order valence-corrected chi connectivity index (χ1v) is 6.55. The smallest absolute Gasteiger partial charge is 0.328 e. The lowest BCUT2D eigenvalue weighted by Crippen LogP contribution is -2.00. The van der Waals surface area contributed by atoms with E-state index >= 15 is 0 Å². The Balaban J connectivity index is 2.93. The number of carboxylic acids is 1. The fraction of sp³-hybridized carbons (Fsp3) is 0.286. The van der Waals surface area contributed by atoms with Gasteiger partial charge in [-0.2, -0.15) is 5.26 Å². The molecule has 1 N–H and O–H groups in total. The summed E-state index contributed by atoms with van der Waals surface area (Å²) in [6.07, 6.45) is 3.66. The van der Waals surface area contributed by atoms with Crippen molar-refractivity contribution in [1.29, 1.82) is 5.26 Å². The van der Waals surface area contributed by atoms with Gasteiger partial charge in [-0.15, -0.1) is 0 Å². The molecule has 0 heterocycles. The van der Waals surface area contributed by atoms with Gasteiger partial charge in [-0.05, 0) is 37.1 Å². The first-order chi connectivity index (χ1) is 9.04. The lowest BCUT2D eigenvalue weighted by molar-refractivity contribution is -0.131. The van der Waals surface area contributed by atoms with Crippen molar-refractivity contribution in [2.24, 2.45) is 0 Å². The lowest BCUT2D eigenvalue weighted by Gasteiger charge is -2.12. The molecule has 1 aromatic carbocycles. The summed E-state index contributed by atoms with van der Waals surface area (Å²) >= 11 is 3.37. The first kappa shape index (κ1) is 15.3. The Kier molecular flexibility index (Phi) is 6.10. The molecule has 1 rings (SSSR count). The highest BCUT2D eigenvalue weighted by Gasteiger charge is 2.07. The molecule has 0 unspecified atom stereocenters. The van der Waals surface area contributed by atoms with Gasteiger partial charge in [-0.3, -0.25) is 0 Å². The third-order valence-electron chi connectivity index (χ3n) is 2.35. The standard InChI is InChI=1S/C14H14BrNO3/c1-10-8-12(15)9-11(4-5-13(17)18)14(10)19-7-3-2-6-16/h4-5,8-9H,2-3,7H2,1H3,(H,17,18)/b5-4+. The number of hydrogen-bond acceptors (Lipinski definition) is 3. The van der Waals surface area contributed by atoms with Crippen LogP contribution in [-0.2, 0) is 4.79 Å². The summed E-state index contributed by atoms with van der Waals surface area (Å²) in [5.74, 6) is -0.355. The maximum atomic E-state index is 10.6. The molecule has 0 saturated carbocycles. The van der Waals surface area contributed by atoms with Crippen LogP contribution in [0.15, 0.2) is 22.7 Å². The summed E-state index contributed by atoms with van der Waals surface area (Å²) in [5.41, 5.74) is 1.61. The van der Waals surface area contributed by atoms with Gasteiger partial charge in [0, 0.05) is 22.5 Å². The molecule has 0 spiro atoms. The molecule has 0 aliphatic carbocycles. The Hall–Kier alpha value is -1.80. The average Bonchev–Trinajstić information content (AvgIpc) is 2.34. The summed E-state index contributed by atoms with van der Waals surface area (Å²) in [5, 5.41) is 17.1. The molecule has 5 heteroatoms. The molecule has 100 valence electrons. The van der Waals surface area contributed by atoms with E-state index in [1.807, 2.05) is 13.0 Å². The summed E-state index contributed by atoms with van der Waals surface area (Å²) in [6, 6.07) is 5.75. The zero-order valence-electron chi connectivity index (χ0n) is 10.5. The number of nitrogens with zero attached hydrogens (tertiary/aromatic N) is 1. The van der Waals surface area contributed by atoms with Crippen molar-refractivity contribution in [2.75, 3.05) is 6.61 Å². The first-order valence-electron chi connectivity index (χ1n) is 5.75. The van der Waals surface area contributed by atoms with Crippen molar-refractivity contribution in [2.45, 2.75) is 19.8 Å². The van der Waals surface area contributed by atoms with E-state index in [0.29, 0.717) is 30.8 Å². The van der Waals surface area contributed by atoms with Crippen LogP contribution in [0.4, 0.5) is 0 Å². The van der Waals surface area contributed by atoms with E-state index in [1.165, 1.54) is 6.08 Å².